The van der Waals surface area contributed by atoms with E-state index >= 15 is 0 Å². The Hall–Kier alpha value is -1.51. The molecule has 0 N–H and O–H groups in total. The predicted octanol–water partition coefficient (Wildman–Crippen LogP) is 1.59. The molecule has 2 fully saturated rings. The number of nitro benzene ring substituents is 1. The number of nitrogens with zero attached hydrogens (tertiary/aromatic N) is 3. The summed E-state index contributed by atoms with van der Waals surface area (Å²) in [5, 5.41) is 11.1. The van der Waals surface area contributed by atoms with Gasteiger partial charge in [0, 0.05) is 36.8 Å². The Kier molecular flexibility index (Phi) is 4.39. The van der Waals surface area contributed by atoms with Crippen LogP contribution in [0, 0.1) is 10.1 Å². The zero-order valence-electron chi connectivity index (χ0n) is 13.1. The van der Waals surface area contributed by atoms with E-state index in [-0.39, 0.29) is 29.1 Å². The van der Waals surface area contributed by atoms with Gasteiger partial charge in [-0.15, -0.1) is 0 Å². The lowest BCUT2D eigenvalue weighted by Crippen LogP contribution is -2.56. The van der Waals surface area contributed by atoms with Crippen molar-refractivity contribution in [3.63, 3.8) is 0 Å². The summed E-state index contributed by atoms with van der Waals surface area (Å²) < 4.78 is 27.2. The number of fused-ring (bicyclic) bond motifs is 1. The molecule has 2 saturated heterocycles. The van der Waals surface area contributed by atoms with Gasteiger partial charge >= 0.3 is 0 Å². The number of sulfonamides is 1. The Bertz CT molecular complexity index is 706. The monoisotopic (exact) mass is 339 g/mol. The van der Waals surface area contributed by atoms with Crippen LogP contribution in [0.15, 0.2) is 24.3 Å². The zero-order valence-corrected chi connectivity index (χ0v) is 13.9. The first-order chi connectivity index (χ1) is 10.9. The SMILES string of the molecule is CC1CN2CCCC2CN1S(=O)(=O)Cc1ccccc1[N+](=O)[O-]. The van der Waals surface area contributed by atoms with Gasteiger partial charge in [-0.3, -0.25) is 15.0 Å². The Labute approximate surface area is 136 Å². The molecule has 3 rings (SSSR count). The lowest BCUT2D eigenvalue weighted by atomic mass is 10.1. The van der Waals surface area contributed by atoms with E-state index in [2.05, 4.69) is 4.90 Å². The van der Waals surface area contributed by atoms with E-state index in [1.807, 2.05) is 6.92 Å². The van der Waals surface area contributed by atoms with Crippen LogP contribution in [0.25, 0.3) is 0 Å². The molecule has 2 aliphatic heterocycles. The minimum absolute atomic E-state index is 0.0999. The highest BCUT2D eigenvalue weighted by Gasteiger charge is 2.40. The normalized spacial score (nSPS) is 26.1. The van der Waals surface area contributed by atoms with Crippen LogP contribution in [-0.4, -0.2) is 54.3 Å². The summed E-state index contributed by atoms with van der Waals surface area (Å²) in [4.78, 5) is 12.9. The van der Waals surface area contributed by atoms with E-state index in [4.69, 9.17) is 0 Å². The quantitative estimate of drug-likeness (QED) is 0.614. The van der Waals surface area contributed by atoms with Crippen LogP contribution < -0.4 is 0 Å². The third-order valence-corrected chi connectivity index (χ3v) is 6.66. The van der Waals surface area contributed by atoms with E-state index in [9.17, 15) is 18.5 Å². The van der Waals surface area contributed by atoms with Gasteiger partial charge in [-0.2, -0.15) is 4.31 Å². The maximum Gasteiger partial charge on any atom is 0.273 e. The van der Waals surface area contributed by atoms with Gasteiger partial charge in [-0.25, -0.2) is 8.42 Å². The van der Waals surface area contributed by atoms with Crippen LogP contribution in [0.2, 0.25) is 0 Å². The standard InChI is InChI=1S/C15H21N3O4S/c1-12-9-16-8-4-6-14(16)10-17(12)23(21,22)11-13-5-2-3-7-15(13)18(19)20/h2-3,5,7,12,14H,4,6,8-11H2,1H3. The summed E-state index contributed by atoms with van der Waals surface area (Å²) in [5.41, 5.74) is 0.113. The van der Waals surface area contributed by atoms with Crippen LogP contribution in [0.4, 0.5) is 5.69 Å². The Balaban J connectivity index is 1.83. The Morgan fingerprint density at radius 2 is 2.04 bits per heavy atom. The van der Waals surface area contributed by atoms with Crippen LogP contribution >= 0.6 is 0 Å². The number of benzene rings is 1. The van der Waals surface area contributed by atoms with Crippen LogP contribution in [0.1, 0.15) is 25.3 Å². The molecule has 0 saturated carbocycles. The van der Waals surface area contributed by atoms with Crippen molar-refractivity contribution in [3.8, 4) is 0 Å². The summed E-state index contributed by atoms with van der Waals surface area (Å²) in [6.07, 6.45) is 2.12. The zero-order chi connectivity index (χ0) is 16.6. The van der Waals surface area contributed by atoms with E-state index in [1.54, 1.807) is 12.1 Å². The van der Waals surface area contributed by atoms with Gasteiger partial charge < -0.3 is 0 Å². The maximum atomic E-state index is 12.8. The molecule has 0 aromatic heterocycles. The fourth-order valence-corrected chi connectivity index (χ4v) is 5.46. The molecule has 0 bridgehead atoms. The molecule has 1 aromatic carbocycles. The summed E-state index contributed by atoms with van der Waals surface area (Å²) in [7, 11) is -3.58. The topological polar surface area (TPSA) is 83.8 Å². The molecule has 0 aliphatic carbocycles. The van der Waals surface area contributed by atoms with Crippen LogP contribution in [-0.2, 0) is 15.8 Å². The second kappa shape index (κ2) is 6.18. The Morgan fingerprint density at radius 1 is 1.30 bits per heavy atom. The van der Waals surface area contributed by atoms with Gasteiger partial charge in [0.1, 0.15) is 0 Å². The number of rotatable bonds is 4. The minimum atomic E-state index is -3.58. The van der Waals surface area contributed by atoms with Gasteiger partial charge in [0.05, 0.1) is 10.7 Å². The van der Waals surface area contributed by atoms with Crippen molar-refractivity contribution in [1.82, 2.24) is 9.21 Å². The van der Waals surface area contributed by atoms with Crippen molar-refractivity contribution < 1.29 is 13.3 Å². The molecule has 2 heterocycles. The lowest BCUT2D eigenvalue weighted by Gasteiger charge is -2.41. The highest BCUT2D eigenvalue weighted by Crippen LogP contribution is 2.29. The number of piperazine rings is 1. The molecule has 7 nitrogen and oxygen atoms in total. The van der Waals surface area contributed by atoms with E-state index < -0.39 is 14.9 Å². The largest absolute Gasteiger partial charge is 0.297 e. The van der Waals surface area contributed by atoms with Crippen molar-refractivity contribution in [2.45, 2.75) is 37.6 Å². The molecule has 0 radical (unpaired) electrons. The molecular formula is C15H21N3O4S. The molecule has 0 amide bonds. The molecule has 1 aromatic rings. The molecule has 2 unspecified atom stereocenters. The Morgan fingerprint density at radius 3 is 2.78 bits per heavy atom. The van der Waals surface area contributed by atoms with Gasteiger partial charge in [0.25, 0.3) is 5.69 Å². The highest BCUT2D eigenvalue weighted by molar-refractivity contribution is 7.88. The molecule has 0 spiro atoms. The van der Waals surface area contributed by atoms with Gasteiger partial charge in [0.2, 0.25) is 10.0 Å². The first-order valence-corrected chi connectivity index (χ1v) is 9.45. The predicted molar refractivity (Wildman–Crippen MR) is 86.5 cm³/mol. The number of hydrogen-bond acceptors (Lipinski definition) is 5. The number of hydrogen-bond donors (Lipinski definition) is 0. The van der Waals surface area contributed by atoms with Crippen molar-refractivity contribution >= 4 is 15.7 Å². The van der Waals surface area contributed by atoms with Crippen molar-refractivity contribution in [2.75, 3.05) is 19.6 Å². The van der Waals surface area contributed by atoms with Crippen molar-refractivity contribution in [1.29, 1.82) is 0 Å². The first kappa shape index (κ1) is 16.4. The smallest absolute Gasteiger partial charge is 0.273 e. The number of para-hydroxylation sites is 1. The van der Waals surface area contributed by atoms with E-state index in [0.29, 0.717) is 6.54 Å². The molecule has 126 valence electrons. The first-order valence-electron chi connectivity index (χ1n) is 7.84. The number of nitro groups is 1. The fraction of sp³-hybridized carbons (Fsp3) is 0.600. The van der Waals surface area contributed by atoms with Gasteiger partial charge in [0.15, 0.2) is 0 Å². The fourth-order valence-electron chi connectivity index (χ4n) is 3.64. The summed E-state index contributed by atoms with van der Waals surface area (Å²) >= 11 is 0. The van der Waals surface area contributed by atoms with Crippen LogP contribution in [0.3, 0.4) is 0 Å². The third-order valence-electron chi connectivity index (χ3n) is 4.76. The van der Waals surface area contributed by atoms with Crippen molar-refractivity contribution in [2.24, 2.45) is 0 Å². The third kappa shape index (κ3) is 3.24. The highest BCUT2D eigenvalue weighted by atomic mass is 32.2. The van der Waals surface area contributed by atoms with Crippen LogP contribution in [0.5, 0.6) is 0 Å². The average molecular weight is 339 g/mol. The molecule has 2 atom stereocenters. The second-order valence-corrected chi connectivity index (χ2v) is 8.27. The maximum absolute atomic E-state index is 12.8. The van der Waals surface area contributed by atoms with E-state index in [1.165, 1.54) is 16.4 Å². The summed E-state index contributed by atoms with van der Waals surface area (Å²) in [6.45, 7) is 4.17. The molecule has 2 aliphatic rings. The lowest BCUT2D eigenvalue weighted by molar-refractivity contribution is -0.385. The molecular weight excluding hydrogens is 318 g/mol. The average Bonchev–Trinajstić information content (AvgIpc) is 2.93. The van der Waals surface area contributed by atoms with Gasteiger partial charge in [-0.05, 0) is 26.3 Å². The molecule has 8 heteroatoms. The summed E-state index contributed by atoms with van der Waals surface area (Å²) in [5.74, 6) is -0.318. The molecule has 23 heavy (non-hydrogen) atoms. The minimum Gasteiger partial charge on any atom is -0.297 e. The van der Waals surface area contributed by atoms with E-state index in [0.717, 1.165) is 25.9 Å². The van der Waals surface area contributed by atoms with Gasteiger partial charge in [-0.1, -0.05) is 18.2 Å². The second-order valence-electron chi connectivity index (χ2n) is 6.35. The summed E-state index contributed by atoms with van der Waals surface area (Å²) in [6, 6.07) is 6.24. The van der Waals surface area contributed by atoms with Crippen molar-refractivity contribution in [3.05, 3.63) is 39.9 Å².